The molecule has 2 N–H and O–H groups in total. The van der Waals surface area contributed by atoms with Crippen LogP contribution in [0, 0.1) is 0 Å². The maximum atomic E-state index is 5.96. The molecular formula is C15H12BrN3. The number of aromatic nitrogens is 2. The Morgan fingerprint density at radius 1 is 1.00 bits per heavy atom. The smallest absolute Gasteiger partial charge is 0.0875 e. The molecule has 1 heterocycles. The van der Waals surface area contributed by atoms with Gasteiger partial charge in [-0.1, -0.05) is 40.2 Å². The predicted molar refractivity (Wildman–Crippen MR) is 81.1 cm³/mol. The number of benzene rings is 2. The lowest BCUT2D eigenvalue weighted by Crippen LogP contribution is -1.99. The highest BCUT2D eigenvalue weighted by Gasteiger charge is 2.05. The van der Waals surface area contributed by atoms with Gasteiger partial charge in [0.2, 0.25) is 0 Å². The predicted octanol–water partition coefficient (Wildman–Crippen LogP) is 3.88. The third kappa shape index (κ3) is 2.39. The zero-order chi connectivity index (χ0) is 13.2. The lowest BCUT2D eigenvalue weighted by atomic mass is 10.1. The van der Waals surface area contributed by atoms with Crippen LogP contribution in [-0.4, -0.2) is 9.78 Å². The van der Waals surface area contributed by atoms with E-state index in [9.17, 15) is 0 Å². The zero-order valence-electron chi connectivity index (χ0n) is 10.1. The maximum absolute atomic E-state index is 5.96. The van der Waals surface area contributed by atoms with Gasteiger partial charge in [-0.15, -0.1) is 0 Å². The van der Waals surface area contributed by atoms with E-state index >= 15 is 0 Å². The first-order valence-corrected chi connectivity index (χ1v) is 6.69. The average Bonchev–Trinajstić information content (AvgIpc) is 2.89. The molecule has 0 amide bonds. The van der Waals surface area contributed by atoms with E-state index in [1.807, 2.05) is 48.8 Å². The van der Waals surface area contributed by atoms with Crippen LogP contribution in [0.15, 0.2) is 65.4 Å². The highest BCUT2D eigenvalue weighted by molar-refractivity contribution is 9.10. The van der Waals surface area contributed by atoms with Gasteiger partial charge in [0.05, 0.1) is 17.6 Å². The Hall–Kier alpha value is -2.07. The Morgan fingerprint density at radius 2 is 1.84 bits per heavy atom. The Balaban J connectivity index is 2.03. The van der Waals surface area contributed by atoms with Crippen molar-refractivity contribution in [1.82, 2.24) is 9.78 Å². The molecule has 0 fully saturated rings. The Morgan fingerprint density at radius 3 is 2.63 bits per heavy atom. The van der Waals surface area contributed by atoms with Gasteiger partial charge in [0.15, 0.2) is 0 Å². The SMILES string of the molecule is Nc1ccccc1-n1cc(-c2cccc(Br)c2)cn1. The molecule has 0 radical (unpaired) electrons. The minimum absolute atomic E-state index is 0.714. The summed E-state index contributed by atoms with van der Waals surface area (Å²) in [5.41, 5.74) is 9.74. The number of nitrogens with two attached hydrogens (primary N) is 1. The molecule has 2 aromatic carbocycles. The Kier molecular flexibility index (Phi) is 3.09. The van der Waals surface area contributed by atoms with Crippen molar-refractivity contribution in [2.45, 2.75) is 0 Å². The molecule has 0 aliphatic carbocycles. The summed E-state index contributed by atoms with van der Waals surface area (Å²) >= 11 is 3.48. The molecule has 3 aromatic rings. The van der Waals surface area contributed by atoms with Gasteiger partial charge in [0, 0.05) is 16.2 Å². The molecule has 3 rings (SSSR count). The molecule has 0 bridgehead atoms. The fraction of sp³-hybridized carbons (Fsp3) is 0. The van der Waals surface area contributed by atoms with Gasteiger partial charge < -0.3 is 5.73 Å². The fourth-order valence-electron chi connectivity index (χ4n) is 1.97. The molecular weight excluding hydrogens is 302 g/mol. The first kappa shape index (κ1) is 12.0. The van der Waals surface area contributed by atoms with E-state index in [-0.39, 0.29) is 0 Å². The Labute approximate surface area is 119 Å². The minimum atomic E-state index is 0.714. The third-order valence-corrected chi connectivity index (χ3v) is 3.42. The second-order valence-electron chi connectivity index (χ2n) is 4.24. The summed E-state index contributed by atoms with van der Waals surface area (Å²) in [5.74, 6) is 0. The van der Waals surface area contributed by atoms with Crippen LogP contribution in [0.5, 0.6) is 0 Å². The minimum Gasteiger partial charge on any atom is -0.397 e. The zero-order valence-corrected chi connectivity index (χ0v) is 11.7. The van der Waals surface area contributed by atoms with Gasteiger partial charge in [-0.05, 0) is 29.8 Å². The van der Waals surface area contributed by atoms with Crippen LogP contribution in [0.25, 0.3) is 16.8 Å². The number of para-hydroxylation sites is 2. The van der Waals surface area contributed by atoms with Crippen LogP contribution < -0.4 is 5.73 Å². The van der Waals surface area contributed by atoms with Gasteiger partial charge >= 0.3 is 0 Å². The highest BCUT2D eigenvalue weighted by Crippen LogP contribution is 2.24. The molecule has 0 aliphatic heterocycles. The Bertz CT molecular complexity index is 719. The third-order valence-electron chi connectivity index (χ3n) is 2.92. The largest absolute Gasteiger partial charge is 0.397 e. The normalized spacial score (nSPS) is 10.6. The average molecular weight is 314 g/mol. The number of nitrogen functional groups attached to an aromatic ring is 1. The molecule has 0 saturated heterocycles. The van der Waals surface area contributed by atoms with E-state index in [0.29, 0.717) is 5.69 Å². The number of halogens is 1. The quantitative estimate of drug-likeness (QED) is 0.729. The first-order chi connectivity index (χ1) is 9.24. The van der Waals surface area contributed by atoms with Crippen LogP contribution in [0.4, 0.5) is 5.69 Å². The van der Waals surface area contributed by atoms with Crippen molar-refractivity contribution in [3.8, 4) is 16.8 Å². The van der Waals surface area contributed by atoms with E-state index in [1.165, 1.54) is 0 Å². The molecule has 1 aromatic heterocycles. The molecule has 0 aliphatic rings. The van der Waals surface area contributed by atoms with E-state index in [1.54, 1.807) is 4.68 Å². The number of hydrogen-bond donors (Lipinski definition) is 1. The number of nitrogens with zero attached hydrogens (tertiary/aromatic N) is 2. The summed E-state index contributed by atoms with van der Waals surface area (Å²) in [6.07, 6.45) is 3.82. The van der Waals surface area contributed by atoms with Crippen molar-refractivity contribution in [2.75, 3.05) is 5.73 Å². The monoisotopic (exact) mass is 313 g/mol. The molecule has 3 nitrogen and oxygen atoms in total. The number of hydrogen-bond acceptors (Lipinski definition) is 2. The van der Waals surface area contributed by atoms with Crippen molar-refractivity contribution >= 4 is 21.6 Å². The van der Waals surface area contributed by atoms with Crippen molar-refractivity contribution in [1.29, 1.82) is 0 Å². The lowest BCUT2D eigenvalue weighted by molar-refractivity contribution is 0.883. The summed E-state index contributed by atoms with van der Waals surface area (Å²) in [6.45, 7) is 0. The molecule has 0 spiro atoms. The molecule has 0 atom stereocenters. The highest BCUT2D eigenvalue weighted by atomic mass is 79.9. The lowest BCUT2D eigenvalue weighted by Gasteiger charge is -2.04. The maximum Gasteiger partial charge on any atom is 0.0875 e. The fourth-order valence-corrected chi connectivity index (χ4v) is 2.37. The summed E-state index contributed by atoms with van der Waals surface area (Å²) in [7, 11) is 0. The number of anilines is 1. The van der Waals surface area contributed by atoms with Crippen LogP contribution >= 0.6 is 15.9 Å². The van der Waals surface area contributed by atoms with Crippen LogP contribution in [0.2, 0.25) is 0 Å². The van der Waals surface area contributed by atoms with Gasteiger partial charge in [0.25, 0.3) is 0 Å². The van der Waals surface area contributed by atoms with Crippen LogP contribution in [0.1, 0.15) is 0 Å². The van der Waals surface area contributed by atoms with Gasteiger partial charge in [0.1, 0.15) is 0 Å². The van der Waals surface area contributed by atoms with Gasteiger partial charge in [-0.25, -0.2) is 4.68 Å². The topological polar surface area (TPSA) is 43.8 Å². The van der Waals surface area contributed by atoms with Crippen molar-refractivity contribution in [3.63, 3.8) is 0 Å². The summed E-state index contributed by atoms with van der Waals surface area (Å²) in [5, 5.41) is 4.37. The number of rotatable bonds is 2. The summed E-state index contributed by atoms with van der Waals surface area (Å²) < 4.78 is 2.85. The van der Waals surface area contributed by atoms with Crippen LogP contribution in [0.3, 0.4) is 0 Å². The molecule has 0 saturated carbocycles. The molecule has 4 heteroatoms. The van der Waals surface area contributed by atoms with Gasteiger partial charge in [-0.2, -0.15) is 5.10 Å². The van der Waals surface area contributed by atoms with Crippen LogP contribution in [-0.2, 0) is 0 Å². The molecule has 0 unspecified atom stereocenters. The second kappa shape index (κ2) is 4.90. The summed E-state index contributed by atoms with van der Waals surface area (Å²) in [6, 6.07) is 15.8. The van der Waals surface area contributed by atoms with Gasteiger partial charge in [-0.3, -0.25) is 0 Å². The van der Waals surface area contributed by atoms with E-state index in [2.05, 4.69) is 33.2 Å². The summed E-state index contributed by atoms with van der Waals surface area (Å²) in [4.78, 5) is 0. The van der Waals surface area contributed by atoms with Crippen molar-refractivity contribution in [2.24, 2.45) is 0 Å². The second-order valence-corrected chi connectivity index (χ2v) is 5.16. The molecule has 94 valence electrons. The first-order valence-electron chi connectivity index (χ1n) is 5.89. The van der Waals surface area contributed by atoms with E-state index in [4.69, 9.17) is 5.73 Å². The standard InChI is InChI=1S/C15H12BrN3/c16-13-5-3-4-11(8-13)12-9-18-19(10-12)15-7-2-1-6-14(15)17/h1-10H,17H2. The molecule has 19 heavy (non-hydrogen) atoms. The van der Waals surface area contributed by atoms with Crippen molar-refractivity contribution < 1.29 is 0 Å². The van der Waals surface area contributed by atoms with Crippen molar-refractivity contribution in [3.05, 3.63) is 65.4 Å². The van der Waals surface area contributed by atoms with E-state index < -0.39 is 0 Å². The van der Waals surface area contributed by atoms with E-state index in [0.717, 1.165) is 21.3 Å².